The van der Waals surface area contributed by atoms with Gasteiger partial charge in [0, 0.05) is 5.56 Å². The topological polar surface area (TPSA) is 85.9 Å². The highest BCUT2D eigenvalue weighted by molar-refractivity contribution is 5.94. The number of hydrogen-bond donors (Lipinski definition) is 1. The van der Waals surface area contributed by atoms with Gasteiger partial charge in [0.25, 0.3) is 5.91 Å². The third-order valence-corrected chi connectivity index (χ3v) is 2.90. The second-order valence-corrected chi connectivity index (χ2v) is 4.43. The zero-order valence-electron chi connectivity index (χ0n) is 11.7. The monoisotopic (exact) mass is 291 g/mol. The van der Waals surface area contributed by atoms with Gasteiger partial charge in [-0.05, 0) is 42.5 Å². The van der Waals surface area contributed by atoms with E-state index in [0.717, 1.165) is 0 Å². The second-order valence-electron chi connectivity index (χ2n) is 4.43. The van der Waals surface area contributed by atoms with E-state index in [1.165, 1.54) is 0 Å². The highest BCUT2D eigenvalue weighted by atomic mass is 16.5. The van der Waals surface area contributed by atoms with E-state index in [4.69, 9.17) is 15.3 Å². The van der Waals surface area contributed by atoms with Crippen molar-refractivity contribution in [2.24, 2.45) is 0 Å². The van der Waals surface area contributed by atoms with Crippen LogP contribution in [-0.4, -0.2) is 19.1 Å². The lowest BCUT2D eigenvalue weighted by atomic mass is 10.1. The van der Waals surface area contributed by atoms with E-state index < -0.39 is 0 Å². The van der Waals surface area contributed by atoms with Crippen LogP contribution in [0, 0.1) is 22.7 Å². The van der Waals surface area contributed by atoms with E-state index >= 15 is 0 Å². The van der Waals surface area contributed by atoms with Crippen LogP contribution in [0.3, 0.4) is 0 Å². The summed E-state index contributed by atoms with van der Waals surface area (Å²) in [4.78, 5) is 11.9. The van der Waals surface area contributed by atoms with Crippen LogP contribution in [0.4, 0.5) is 0 Å². The van der Waals surface area contributed by atoms with Crippen molar-refractivity contribution in [3.63, 3.8) is 0 Å². The molecule has 0 aliphatic heterocycles. The summed E-state index contributed by atoms with van der Waals surface area (Å²) >= 11 is 0. The molecule has 5 nitrogen and oxygen atoms in total. The molecule has 0 spiro atoms. The largest absolute Gasteiger partial charge is 0.492 e. The molecule has 1 N–H and O–H groups in total. The lowest BCUT2D eigenvalue weighted by Crippen LogP contribution is -2.28. The fourth-order valence-electron chi connectivity index (χ4n) is 1.79. The predicted octanol–water partition coefficient (Wildman–Crippen LogP) is 2.24. The van der Waals surface area contributed by atoms with E-state index in [0.29, 0.717) is 35.6 Å². The summed E-state index contributed by atoms with van der Waals surface area (Å²) in [5.41, 5.74) is 1.53. The fourth-order valence-corrected chi connectivity index (χ4v) is 1.79. The molecule has 0 aliphatic rings. The average molecular weight is 291 g/mol. The first kappa shape index (κ1) is 15.1. The first-order chi connectivity index (χ1) is 10.7. The maximum atomic E-state index is 11.9. The lowest BCUT2D eigenvalue weighted by Gasteiger charge is -2.08. The summed E-state index contributed by atoms with van der Waals surface area (Å²) in [5, 5.41) is 20.2. The second kappa shape index (κ2) is 7.47. The molecule has 108 valence electrons. The van der Waals surface area contributed by atoms with Gasteiger partial charge in [0.1, 0.15) is 12.4 Å². The summed E-state index contributed by atoms with van der Waals surface area (Å²) in [5.74, 6) is 0.366. The number of nitrogens with one attached hydrogen (secondary N) is 1. The number of benzene rings is 2. The Balaban J connectivity index is 1.79. The SMILES string of the molecule is N#Cc1ccc(C(=O)NCCOc2cccc(C#N)c2)cc1. The zero-order valence-corrected chi connectivity index (χ0v) is 11.7. The Kier molecular flexibility index (Phi) is 5.12. The molecule has 0 atom stereocenters. The molecule has 1 amide bonds. The van der Waals surface area contributed by atoms with E-state index in [1.54, 1.807) is 48.5 Å². The number of nitriles is 2. The van der Waals surface area contributed by atoms with Crippen LogP contribution in [0.5, 0.6) is 5.75 Å². The third-order valence-electron chi connectivity index (χ3n) is 2.90. The summed E-state index contributed by atoms with van der Waals surface area (Å²) < 4.78 is 5.46. The Morgan fingerprint density at radius 2 is 1.77 bits per heavy atom. The molecule has 0 radical (unpaired) electrons. The molecular formula is C17H13N3O2. The first-order valence-electron chi connectivity index (χ1n) is 6.64. The van der Waals surface area contributed by atoms with Gasteiger partial charge in [-0.3, -0.25) is 4.79 Å². The van der Waals surface area contributed by atoms with Gasteiger partial charge in [0.05, 0.1) is 29.8 Å². The number of amides is 1. The first-order valence-corrected chi connectivity index (χ1v) is 6.64. The molecule has 0 aromatic heterocycles. The Hall–Kier alpha value is -3.31. The van der Waals surface area contributed by atoms with Crippen LogP contribution in [0.1, 0.15) is 21.5 Å². The smallest absolute Gasteiger partial charge is 0.251 e. The van der Waals surface area contributed by atoms with E-state index in [2.05, 4.69) is 5.32 Å². The number of hydrogen-bond acceptors (Lipinski definition) is 4. The Labute approximate surface area is 128 Å². The number of rotatable bonds is 5. The molecular weight excluding hydrogens is 278 g/mol. The van der Waals surface area contributed by atoms with Crippen LogP contribution in [0.25, 0.3) is 0 Å². The molecule has 2 aromatic carbocycles. The summed E-state index contributed by atoms with van der Waals surface area (Å²) in [7, 11) is 0. The van der Waals surface area contributed by atoms with Crippen molar-refractivity contribution >= 4 is 5.91 Å². The number of carbonyl (C=O) groups is 1. The zero-order chi connectivity index (χ0) is 15.8. The van der Waals surface area contributed by atoms with Gasteiger partial charge >= 0.3 is 0 Å². The highest BCUT2D eigenvalue weighted by Gasteiger charge is 2.04. The van der Waals surface area contributed by atoms with Crippen LogP contribution < -0.4 is 10.1 Å². The molecule has 2 aromatic rings. The van der Waals surface area contributed by atoms with Gasteiger partial charge in [0.2, 0.25) is 0 Å². The van der Waals surface area contributed by atoms with E-state index in [1.807, 2.05) is 12.1 Å². The Morgan fingerprint density at radius 1 is 1.05 bits per heavy atom. The van der Waals surface area contributed by atoms with Crippen molar-refractivity contribution in [2.75, 3.05) is 13.2 Å². The molecule has 5 heteroatoms. The minimum absolute atomic E-state index is 0.223. The molecule has 0 saturated carbocycles. The van der Waals surface area contributed by atoms with Crippen molar-refractivity contribution < 1.29 is 9.53 Å². The molecule has 0 saturated heterocycles. The summed E-state index contributed by atoms with van der Waals surface area (Å²) in [6.45, 7) is 0.645. The maximum absolute atomic E-state index is 11.9. The summed E-state index contributed by atoms with van der Waals surface area (Å²) in [6.07, 6.45) is 0. The quantitative estimate of drug-likeness (QED) is 0.856. The van der Waals surface area contributed by atoms with Gasteiger partial charge in [-0.15, -0.1) is 0 Å². The van der Waals surface area contributed by atoms with Crippen LogP contribution >= 0.6 is 0 Å². The van der Waals surface area contributed by atoms with E-state index in [9.17, 15) is 4.79 Å². The maximum Gasteiger partial charge on any atom is 0.251 e. The van der Waals surface area contributed by atoms with Crippen molar-refractivity contribution in [3.8, 4) is 17.9 Å². The molecule has 0 unspecified atom stereocenters. The number of nitrogens with zero attached hydrogens (tertiary/aromatic N) is 2. The van der Waals surface area contributed by atoms with Crippen LogP contribution in [0.15, 0.2) is 48.5 Å². The molecule has 0 aliphatic carbocycles. The minimum Gasteiger partial charge on any atom is -0.492 e. The van der Waals surface area contributed by atoms with Crippen LogP contribution in [-0.2, 0) is 0 Å². The minimum atomic E-state index is -0.223. The van der Waals surface area contributed by atoms with Crippen molar-refractivity contribution in [2.45, 2.75) is 0 Å². The molecule has 0 heterocycles. The van der Waals surface area contributed by atoms with Crippen LogP contribution in [0.2, 0.25) is 0 Å². The van der Waals surface area contributed by atoms with Crippen molar-refractivity contribution in [3.05, 3.63) is 65.2 Å². The van der Waals surface area contributed by atoms with Gasteiger partial charge in [0.15, 0.2) is 0 Å². The van der Waals surface area contributed by atoms with Crippen molar-refractivity contribution in [1.29, 1.82) is 10.5 Å². The number of ether oxygens (including phenoxy) is 1. The summed E-state index contributed by atoms with van der Waals surface area (Å²) in [6, 6.07) is 17.3. The van der Waals surface area contributed by atoms with Gasteiger partial charge in [-0.2, -0.15) is 10.5 Å². The Morgan fingerprint density at radius 3 is 2.45 bits per heavy atom. The van der Waals surface area contributed by atoms with Gasteiger partial charge in [-0.25, -0.2) is 0 Å². The lowest BCUT2D eigenvalue weighted by molar-refractivity contribution is 0.0947. The Bertz CT molecular complexity index is 740. The molecule has 2 rings (SSSR count). The molecule has 0 fully saturated rings. The third kappa shape index (κ3) is 4.09. The number of carbonyl (C=O) groups excluding carboxylic acids is 1. The average Bonchev–Trinajstić information content (AvgIpc) is 2.58. The standard InChI is InChI=1S/C17H13N3O2/c18-11-13-4-6-15(7-5-13)17(21)20-8-9-22-16-3-1-2-14(10-16)12-19/h1-7,10H,8-9H2,(H,20,21). The molecule has 22 heavy (non-hydrogen) atoms. The highest BCUT2D eigenvalue weighted by Crippen LogP contribution is 2.12. The van der Waals surface area contributed by atoms with Crippen molar-refractivity contribution in [1.82, 2.24) is 5.32 Å². The van der Waals surface area contributed by atoms with Gasteiger partial charge in [-0.1, -0.05) is 6.07 Å². The predicted molar refractivity (Wildman–Crippen MR) is 80.1 cm³/mol. The fraction of sp³-hybridized carbons (Fsp3) is 0.118. The molecule has 0 bridgehead atoms. The van der Waals surface area contributed by atoms with E-state index in [-0.39, 0.29) is 5.91 Å². The normalized spacial score (nSPS) is 9.36. The van der Waals surface area contributed by atoms with Gasteiger partial charge < -0.3 is 10.1 Å².